The highest BCUT2D eigenvalue weighted by molar-refractivity contribution is 5.57. The number of benzene rings is 1. The Morgan fingerprint density at radius 2 is 1.30 bits per heavy atom. The molecule has 4 fully saturated rings. The van der Waals surface area contributed by atoms with E-state index < -0.39 is 0 Å². The minimum Gasteiger partial charge on any atom is -0.507 e. The summed E-state index contributed by atoms with van der Waals surface area (Å²) >= 11 is 0. The van der Waals surface area contributed by atoms with Gasteiger partial charge < -0.3 is 24.1 Å². The third kappa shape index (κ3) is 4.02. The summed E-state index contributed by atoms with van der Waals surface area (Å²) in [7, 11) is 0. The zero-order chi connectivity index (χ0) is 18.5. The molecule has 0 radical (unpaired) electrons. The van der Waals surface area contributed by atoms with Crippen molar-refractivity contribution in [1.82, 2.24) is 0 Å². The van der Waals surface area contributed by atoms with Crippen LogP contribution < -0.4 is 0 Å². The molecule has 4 heterocycles. The van der Waals surface area contributed by atoms with E-state index in [1.165, 1.54) is 16.7 Å². The molecule has 4 unspecified atom stereocenters. The lowest BCUT2D eigenvalue weighted by molar-refractivity contribution is 0.339. The van der Waals surface area contributed by atoms with Crippen LogP contribution in [0, 0.1) is 6.92 Å². The Bertz CT molecular complexity index is 700. The molecule has 4 aliphatic rings. The number of rotatable bonds is 10. The van der Waals surface area contributed by atoms with E-state index in [0.717, 1.165) is 69.7 Å². The molecule has 4 saturated heterocycles. The van der Waals surface area contributed by atoms with Gasteiger partial charge in [0.15, 0.2) is 0 Å². The van der Waals surface area contributed by atoms with E-state index in [0.29, 0.717) is 36.1 Å². The van der Waals surface area contributed by atoms with Gasteiger partial charge in [-0.1, -0.05) is 6.92 Å². The highest BCUT2D eigenvalue weighted by Gasteiger charge is 2.38. The van der Waals surface area contributed by atoms with E-state index in [1.807, 2.05) is 0 Å². The van der Waals surface area contributed by atoms with Crippen molar-refractivity contribution in [2.24, 2.45) is 0 Å². The number of phenolic OH excluding ortho intramolecular Hbond substituents is 1. The smallest absolute Gasteiger partial charge is 0.122 e. The maximum absolute atomic E-state index is 11.3. The van der Waals surface area contributed by atoms with Gasteiger partial charge in [-0.2, -0.15) is 0 Å². The molecule has 4 atom stereocenters. The van der Waals surface area contributed by atoms with Crippen LogP contribution in [0.5, 0.6) is 5.75 Å². The van der Waals surface area contributed by atoms with Crippen LogP contribution in [-0.4, -0.2) is 55.9 Å². The monoisotopic (exact) mass is 374 g/mol. The van der Waals surface area contributed by atoms with Crippen molar-refractivity contribution in [3.8, 4) is 5.75 Å². The first-order valence-corrected chi connectivity index (χ1v) is 10.5. The predicted octanol–water partition coefficient (Wildman–Crippen LogP) is 2.81. The molecule has 0 amide bonds. The van der Waals surface area contributed by atoms with Gasteiger partial charge in [-0.25, -0.2) is 0 Å². The van der Waals surface area contributed by atoms with Gasteiger partial charge in [-0.15, -0.1) is 0 Å². The molecule has 27 heavy (non-hydrogen) atoms. The Labute approximate surface area is 160 Å². The third-order valence-corrected chi connectivity index (χ3v) is 6.45. The molecular weight excluding hydrogens is 344 g/mol. The molecule has 5 rings (SSSR count). The van der Waals surface area contributed by atoms with Crippen LogP contribution in [0.2, 0.25) is 0 Å². The fourth-order valence-electron chi connectivity index (χ4n) is 4.63. The summed E-state index contributed by atoms with van der Waals surface area (Å²) in [6.07, 6.45) is 6.06. The Morgan fingerprint density at radius 3 is 1.74 bits per heavy atom. The number of aromatic hydroxyl groups is 1. The van der Waals surface area contributed by atoms with Crippen molar-refractivity contribution in [2.45, 2.75) is 76.3 Å². The van der Waals surface area contributed by atoms with Crippen LogP contribution >= 0.6 is 0 Å². The fourth-order valence-corrected chi connectivity index (χ4v) is 4.63. The van der Waals surface area contributed by atoms with E-state index >= 15 is 0 Å². The van der Waals surface area contributed by atoms with Crippen LogP contribution in [0.15, 0.2) is 0 Å². The lowest BCUT2D eigenvalue weighted by Crippen LogP contribution is -2.16. The summed E-state index contributed by atoms with van der Waals surface area (Å²) in [4.78, 5) is 0. The minimum absolute atomic E-state index is 0.295. The van der Waals surface area contributed by atoms with Gasteiger partial charge in [-0.3, -0.25) is 0 Å². The zero-order valence-corrected chi connectivity index (χ0v) is 16.3. The highest BCUT2D eigenvalue weighted by Crippen LogP contribution is 2.45. The second-order valence-electron chi connectivity index (χ2n) is 8.57. The quantitative estimate of drug-likeness (QED) is 0.638. The topological polar surface area (TPSA) is 70.3 Å². The number of hydrogen-bond acceptors (Lipinski definition) is 5. The maximum Gasteiger partial charge on any atom is 0.122 e. The van der Waals surface area contributed by atoms with Gasteiger partial charge in [0.05, 0.1) is 50.8 Å². The van der Waals surface area contributed by atoms with Gasteiger partial charge in [0, 0.05) is 18.4 Å². The SMILES string of the molecule is CCc1c(CC2CO2)c(CC2CO2)c(C)c(O)c1C(CC1CO1)CC1CO1. The van der Waals surface area contributed by atoms with Gasteiger partial charge >= 0.3 is 0 Å². The van der Waals surface area contributed by atoms with Crippen LogP contribution in [-0.2, 0) is 38.2 Å². The largest absolute Gasteiger partial charge is 0.507 e. The molecule has 0 spiro atoms. The molecule has 5 heteroatoms. The van der Waals surface area contributed by atoms with E-state index in [1.54, 1.807) is 0 Å². The average molecular weight is 374 g/mol. The van der Waals surface area contributed by atoms with E-state index in [4.69, 9.17) is 18.9 Å². The summed E-state index contributed by atoms with van der Waals surface area (Å²) in [5, 5.41) is 11.3. The highest BCUT2D eigenvalue weighted by atomic mass is 16.6. The Kier molecular flexibility index (Phi) is 4.67. The summed E-state index contributed by atoms with van der Waals surface area (Å²) in [5.74, 6) is 0.790. The van der Waals surface area contributed by atoms with Crippen LogP contribution in [0.3, 0.4) is 0 Å². The second kappa shape index (κ2) is 7.03. The first-order valence-electron chi connectivity index (χ1n) is 10.5. The Morgan fingerprint density at radius 1 is 0.815 bits per heavy atom. The Hall–Kier alpha value is -1.14. The number of epoxide rings is 4. The van der Waals surface area contributed by atoms with E-state index in [2.05, 4.69) is 13.8 Å². The van der Waals surface area contributed by atoms with Gasteiger partial charge in [-0.05, 0) is 54.4 Å². The van der Waals surface area contributed by atoms with E-state index in [9.17, 15) is 5.11 Å². The maximum atomic E-state index is 11.3. The van der Waals surface area contributed by atoms with Gasteiger partial charge in [0.1, 0.15) is 5.75 Å². The standard InChI is InChI=1S/C22H30O5/c1-3-18-20(7-17-11-27-17)19(6-16-10-26-16)12(2)22(23)21(18)13(4-14-8-24-14)5-15-9-25-15/h13-17,23H,3-11H2,1-2H3. The molecule has 1 aromatic carbocycles. The number of hydrogen-bond donors (Lipinski definition) is 1. The minimum atomic E-state index is 0.295. The van der Waals surface area contributed by atoms with Crippen molar-refractivity contribution in [2.75, 3.05) is 26.4 Å². The Balaban J connectivity index is 1.57. The molecule has 0 aliphatic carbocycles. The summed E-state index contributed by atoms with van der Waals surface area (Å²) in [5.41, 5.74) is 6.20. The predicted molar refractivity (Wildman–Crippen MR) is 101 cm³/mol. The first-order chi connectivity index (χ1) is 13.1. The molecule has 5 nitrogen and oxygen atoms in total. The van der Waals surface area contributed by atoms with Gasteiger partial charge in [0.2, 0.25) is 0 Å². The fraction of sp³-hybridized carbons (Fsp3) is 0.727. The third-order valence-electron chi connectivity index (χ3n) is 6.45. The normalized spacial score (nSPS) is 31.6. The molecule has 0 saturated carbocycles. The lowest BCUT2D eigenvalue weighted by atomic mass is 9.78. The molecular formula is C22H30O5. The number of ether oxygens (including phenoxy) is 4. The molecule has 1 N–H and O–H groups in total. The average Bonchev–Trinajstić information content (AvgIpc) is 3.47. The lowest BCUT2D eigenvalue weighted by Gasteiger charge is -2.27. The van der Waals surface area contributed by atoms with Gasteiger partial charge in [0.25, 0.3) is 0 Å². The second-order valence-corrected chi connectivity index (χ2v) is 8.57. The van der Waals surface area contributed by atoms with Crippen molar-refractivity contribution in [1.29, 1.82) is 0 Å². The van der Waals surface area contributed by atoms with Crippen LogP contribution in [0.25, 0.3) is 0 Å². The number of phenols is 1. The van der Waals surface area contributed by atoms with Crippen molar-refractivity contribution in [3.63, 3.8) is 0 Å². The molecule has 0 aromatic heterocycles. The molecule has 148 valence electrons. The van der Waals surface area contributed by atoms with Crippen molar-refractivity contribution >= 4 is 0 Å². The molecule has 0 bridgehead atoms. The summed E-state index contributed by atoms with van der Waals surface area (Å²) in [6.45, 7) is 7.68. The first kappa shape index (κ1) is 17.9. The summed E-state index contributed by atoms with van der Waals surface area (Å²) < 4.78 is 22.2. The summed E-state index contributed by atoms with van der Waals surface area (Å²) in [6, 6.07) is 0. The van der Waals surface area contributed by atoms with Crippen molar-refractivity contribution < 1.29 is 24.1 Å². The van der Waals surface area contributed by atoms with Crippen LogP contribution in [0.4, 0.5) is 0 Å². The van der Waals surface area contributed by atoms with Crippen molar-refractivity contribution in [3.05, 3.63) is 27.8 Å². The molecule has 1 aromatic rings. The zero-order valence-electron chi connectivity index (χ0n) is 16.3. The molecule has 4 aliphatic heterocycles. The van der Waals surface area contributed by atoms with Crippen LogP contribution in [0.1, 0.15) is 53.5 Å². The van der Waals surface area contributed by atoms with E-state index in [-0.39, 0.29) is 0 Å².